The molecular formula is C13H21N3O2S. The lowest BCUT2D eigenvalue weighted by atomic mass is 9.99. The van der Waals surface area contributed by atoms with Gasteiger partial charge in [-0.1, -0.05) is 0 Å². The first kappa shape index (κ1) is 13.1. The van der Waals surface area contributed by atoms with Crippen LogP contribution in [0.3, 0.4) is 0 Å². The van der Waals surface area contributed by atoms with Crippen LogP contribution < -0.4 is 10.5 Å². The third-order valence-corrected chi connectivity index (χ3v) is 5.61. The van der Waals surface area contributed by atoms with Gasteiger partial charge in [-0.3, -0.25) is 0 Å². The Bertz CT molecular complexity index is 532. The topological polar surface area (TPSA) is 88.0 Å². The summed E-state index contributed by atoms with van der Waals surface area (Å²) in [6, 6.07) is 1.60. The van der Waals surface area contributed by atoms with E-state index in [-0.39, 0.29) is 0 Å². The normalized spacial score (nSPS) is 20.1. The predicted octanol–water partition coefficient (Wildman–Crippen LogP) is 1.19. The van der Waals surface area contributed by atoms with Crippen LogP contribution in [0.15, 0.2) is 17.2 Å². The highest BCUT2D eigenvalue weighted by atomic mass is 32.2. The fourth-order valence-electron chi connectivity index (χ4n) is 2.75. The second-order valence-electron chi connectivity index (χ2n) is 5.76. The first-order valence-corrected chi connectivity index (χ1v) is 8.45. The molecule has 2 aliphatic rings. The van der Waals surface area contributed by atoms with Gasteiger partial charge in [-0.2, -0.15) is 0 Å². The molecule has 0 bridgehead atoms. The minimum atomic E-state index is -3.39. The largest absolute Gasteiger partial charge is 0.363 e. The van der Waals surface area contributed by atoms with Gasteiger partial charge in [-0.25, -0.2) is 13.1 Å². The molecule has 1 aromatic rings. The van der Waals surface area contributed by atoms with E-state index in [2.05, 4.69) is 9.71 Å². The van der Waals surface area contributed by atoms with E-state index in [0.29, 0.717) is 23.9 Å². The van der Waals surface area contributed by atoms with Crippen molar-refractivity contribution in [3.05, 3.63) is 18.0 Å². The molecule has 0 saturated heterocycles. The Labute approximate surface area is 114 Å². The zero-order valence-electron chi connectivity index (χ0n) is 10.9. The molecule has 2 saturated carbocycles. The number of rotatable bonds is 7. The van der Waals surface area contributed by atoms with E-state index in [1.807, 2.05) is 0 Å². The lowest BCUT2D eigenvalue weighted by Crippen LogP contribution is -2.31. The molecule has 1 heterocycles. The Balaban J connectivity index is 1.64. The Morgan fingerprint density at radius 1 is 1.32 bits per heavy atom. The molecule has 0 atom stereocenters. The van der Waals surface area contributed by atoms with Crippen LogP contribution in [-0.2, 0) is 16.6 Å². The van der Waals surface area contributed by atoms with Crippen LogP contribution in [-0.4, -0.2) is 19.9 Å². The highest BCUT2D eigenvalue weighted by Crippen LogP contribution is 2.48. The number of nitrogens with two attached hydrogens (primary N) is 1. The van der Waals surface area contributed by atoms with E-state index < -0.39 is 10.0 Å². The molecular weight excluding hydrogens is 262 g/mol. The van der Waals surface area contributed by atoms with Crippen molar-refractivity contribution in [2.75, 3.05) is 6.54 Å². The van der Waals surface area contributed by atoms with E-state index in [4.69, 9.17) is 5.73 Å². The number of aromatic amines is 1. The second-order valence-corrected chi connectivity index (χ2v) is 7.52. The average molecular weight is 283 g/mol. The zero-order chi connectivity index (χ0) is 13.5. The second kappa shape index (κ2) is 4.92. The summed E-state index contributed by atoms with van der Waals surface area (Å²) in [5, 5.41) is 0. The fraction of sp³-hybridized carbons (Fsp3) is 0.692. The quantitative estimate of drug-likeness (QED) is 0.702. The summed E-state index contributed by atoms with van der Waals surface area (Å²) < 4.78 is 27.1. The summed E-state index contributed by atoms with van der Waals surface area (Å²) >= 11 is 0. The highest BCUT2D eigenvalue weighted by molar-refractivity contribution is 7.89. The van der Waals surface area contributed by atoms with E-state index in [1.54, 1.807) is 6.07 Å². The molecule has 0 radical (unpaired) electrons. The maximum atomic E-state index is 12.2. The molecule has 0 spiro atoms. The van der Waals surface area contributed by atoms with Gasteiger partial charge in [0, 0.05) is 25.0 Å². The lowest BCUT2D eigenvalue weighted by molar-refractivity contribution is 0.401. The van der Waals surface area contributed by atoms with Gasteiger partial charge in [0.2, 0.25) is 10.0 Å². The molecule has 106 valence electrons. The molecule has 19 heavy (non-hydrogen) atoms. The van der Waals surface area contributed by atoms with Gasteiger partial charge >= 0.3 is 0 Å². The van der Waals surface area contributed by atoms with Crippen molar-refractivity contribution in [1.82, 2.24) is 9.71 Å². The standard InChI is InChI=1S/C13H21N3O2S/c14-6-11-5-12(7-15-11)19(17,18)16-8-13(9-1-2-9)10-3-4-10/h5,7,9-10,13,15-16H,1-4,6,8,14H2. The smallest absolute Gasteiger partial charge is 0.242 e. The summed E-state index contributed by atoms with van der Waals surface area (Å²) in [4.78, 5) is 3.17. The molecule has 0 aromatic carbocycles. The number of hydrogen-bond donors (Lipinski definition) is 3. The van der Waals surface area contributed by atoms with Crippen molar-refractivity contribution in [3.8, 4) is 0 Å². The van der Waals surface area contributed by atoms with Gasteiger partial charge in [-0.05, 0) is 49.5 Å². The monoisotopic (exact) mass is 283 g/mol. The van der Waals surface area contributed by atoms with Gasteiger partial charge in [0.1, 0.15) is 0 Å². The van der Waals surface area contributed by atoms with Crippen molar-refractivity contribution in [2.45, 2.75) is 37.1 Å². The van der Waals surface area contributed by atoms with Gasteiger partial charge in [-0.15, -0.1) is 0 Å². The molecule has 2 aliphatic carbocycles. The first-order chi connectivity index (χ1) is 9.10. The number of sulfonamides is 1. The van der Waals surface area contributed by atoms with Crippen LogP contribution in [0.1, 0.15) is 31.4 Å². The Morgan fingerprint density at radius 3 is 2.42 bits per heavy atom. The van der Waals surface area contributed by atoms with Crippen LogP contribution in [0, 0.1) is 17.8 Å². The van der Waals surface area contributed by atoms with E-state index >= 15 is 0 Å². The van der Waals surface area contributed by atoms with Crippen molar-refractivity contribution in [1.29, 1.82) is 0 Å². The van der Waals surface area contributed by atoms with Crippen LogP contribution in [0.25, 0.3) is 0 Å². The third kappa shape index (κ3) is 3.01. The SMILES string of the molecule is NCc1cc(S(=O)(=O)NCC(C2CC2)C2CC2)c[nH]1. The van der Waals surface area contributed by atoms with Crippen molar-refractivity contribution in [2.24, 2.45) is 23.5 Å². The van der Waals surface area contributed by atoms with Crippen LogP contribution in [0.4, 0.5) is 0 Å². The average Bonchev–Trinajstić information content (AvgIpc) is 3.30. The molecule has 0 aliphatic heterocycles. The molecule has 2 fully saturated rings. The summed E-state index contributed by atoms with van der Waals surface area (Å²) in [6.45, 7) is 0.906. The molecule has 0 amide bonds. The molecule has 1 aromatic heterocycles. The van der Waals surface area contributed by atoms with E-state index in [0.717, 1.165) is 17.5 Å². The van der Waals surface area contributed by atoms with Crippen LogP contribution in [0.5, 0.6) is 0 Å². The fourth-order valence-corrected chi connectivity index (χ4v) is 3.84. The maximum absolute atomic E-state index is 12.2. The highest BCUT2D eigenvalue weighted by Gasteiger charge is 2.41. The Morgan fingerprint density at radius 2 is 1.95 bits per heavy atom. The number of aromatic nitrogens is 1. The predicted molar refractivity (Wildman–Crippen MR) is 72.8 cm³/mol. The Hall–Kier alpha value is -0.850. The van der Waals surface area contributed by atoms with E-state index in [9.17, 15) is 8.42 Å². The van der Waals surface area contributed by atoms with Crippen LogP contribution in [0.2, 0.25) is 0 Å². The van der Waals surface area contributed by atoms with E-state index in [1.165, 1.54) is 31.9 Å². The van der Waals surface area contributed by atoms with Gasteiger partial charge in [0.25, 0.3) is 0 Å². The van der Waals surface area contributed by atoms with Crippen molar-refractivity contribution in [3.63, 3.8) is 0 Å². The minimum absolute atomic E-state index is 0.290. The zero-order valence-corrected chi connectivity index (χ0v) is 11.7. The van der Waals surface area contributed by atoms with Crippen molar-refractivity contribution >= 4 is 10.0 Å². The minimum Gasteiger partial charge on any atom is -0.363 e. The number of H-pyrrole nitrogens is 1. The van der Waals surface area contributed by atoms with Crippen molar-refractivity contribution < 1.29 is 8.42 Å². The summed E-state index contributed by atoms with van der Waals surface area (Å²) in [5.41, 5.74) is 6.22. The number of hydrogen-bond acceptors (Lipinski definition) is 3. The van der Waals surface area contributed by atoms with Gasteiger partial charge < -0.3 is 10.7 Å². The summed E-state index contributed by atoms with van der Waals surface area (Å²) in [5.74, 6) is 2.05. The maximum Gasteiger partial charge on any atom is 0.242 e. The number of nitrogens with one attached hydrogen (secondary N) is 2. The van der Waals surface area contributed by atoms with Gasteiger partial charge in [0.15, 0.2) is 0 Å². The molecule has 6 heteroatoms. The van der Waals surface area contributed by atoms with Gasteiger partial charge in [0.05, 0.1) is 4.90 Å². The molecule has 4 N–H and O–H groups in total. The molecule has 3 rings (SSSR count). The Kier molecular flexibility index (Phi) is 3.41. The molecule has 5 nitrogen and oxygen atoms in total. The lowest BCUT2D eigenvalue weighted by Gasteiger charge is -2.15. The summed E-state index contributed by atoms with van der Waals surface area (Å²) in [7, 11) is -3.39. The first-order valence-electron chi connectivity index (χ1n) is 6.97. The summed E-state index contributed by atoms with van der Waals surface area (Å²) in [6.07, 6.45) is 6.58. The van der Waals surface area contributed by atoms with Crippen LogP contribution >= 0.6 is 0 Å². The third-order valence-electron chi connectivity index (χ3n) is 4.21. The molecule has 0 unspecified atom stereocenters.